The van der Waals surface area contributed by atoms with E-state index in [-0.39, 0.29) is 47.5 Å². The normalized spacial score (nSPS) is 17.5. The lowest BCUT2D eigenvalue weighted by molar-refractivity contribution is -0.129. The number of hydrogen-bond acceptors (Lipinski definition) is 6. The lowest BCUT2D eigenvalue weighted by Crippen LogP contribution is -2.59. The number of piperazine rings is 1. The topological polar surface area (TPSA) is 84.2 Å². The number of anilines is 1. The van der Waals surface area contributed by atoms with Crippen molar-refractivity contribution in [1.29, 1.82) is 0 Å². The summed E-state index contributed by atoms with van der Waals surface area (Å²) in [5.74, 6) is -2.45. The zero-order chi connectivity index (χ0) is 34.3. The van der Waals surface area contributed by atoms with Crippen LogP contribution in [-0.4, -0.2) is 55.5 Å². The van der Waals surface area contributed by atoms with E-state index < -0.39 is 41.9 Å². The summed E-state index contributed by atoms with van der Waals surface area (Å²) >= 11 is 0. The number of halogens is 2. The molecule has 0 spiro atoms. The largest absolute Gasteiger partial charge is 0.355 e. The second kappa shape index (κ2) is 12.3. The monoisotopic (exact) mass is 614 g/mol. The fourth-order valence-electron chi connectivity index (χ4n) is 6.23. The number of nitrogens with zero attached hydrogens (tertiary/aromatic N) is 6. The second-order valence-electron chi connectivity index (χ2n) is 12.1. The molecule has 234 valence electrons. The first-order valence-corrected chi connectivity index (χ1v) is 15.0. The van der Waals surface area contributed by atoms with Gasteiger partial charge >= 0.3 is 5.69 Å². The van der Waals surface area contributed by atoms with E-state index in [9.17, 15) is 14.0 Å². The van der Waals surface area contributed by atoms with E-state index in [2.05, 4.69) is 16.5 Å². The molecule has 1 aromatic carbocycles. The summed E-state index contributed by atoms with van der Waals surface area (Å²) in [4.78, 5) is 44.0. The molecule has 4 heterocycles. The number of aromatic nitrogens is 4. The van der Waals surface area contributed by atoms with Crippen LogP contribution < -0.4 is 10.6 Å². The van der Waals surface area contributed by atoms with Crippen molar-refractivity contribution in [3.8, 4) is 16.9 Å². The third kappa shape index (κ3) is 5.65. The number of benzene rings is 1. The molecule has 45 heavy (non-hydrogen) atoms. The lowest BCUT2D eigenvalue weighted by Gasteiger charge is -2.45. The maximum atomic E-state index is 16.3. The van der Waals surface area contributed by atoms with Crippen molar-refractivity contribution >= 4 is 28.8 Å². The van der Waals surface area contributed by atoms with Gasteiger partial charge in [0.2, 0.25) is 0 Å². The van der Waals surface area contributed by atoms with Crippen molar-refractivity contribution in [1.82, 2.24) is 24.4 Å². The van der Waals surface area contributed by atoms with Crippen molar-refractivity contribution in [2.24, 2.45) is 0 Å². The third-order valence-electron chi connectivity index (χ3n) is 8.23. The van der Waals surface area contributed by atoms with Crippen molar-refractivity contribution in [2.45, 2.75) is 65.5 Å². The molecule has 0 unspecified atom stereocenters. The molecule has 0 bridgehead atoms. The molecule has 1 aliphatic rings. The second-order valence-corrected chi connectivity index (χ2v) is 12.1. The zero-order valence-corrected chi connectivity index (χ0v) is 26.3. The molecule has 4 aromatic rings. The van der Waals surface area contributed by atoms with Crippen LogP contribution >= 0.6 is 0 Å². The Morgan fingerprint density at radius 3 is 2.40 bits per heavy atom. The van der Waals surface area contributed by atoms with Gasteiger partial charge in [0.25, 0.3) is 5.91 Å². The standard InChI is InChI=1S/C35H38F2N6O2/c1-9-24-12-10-11-13-26(24)30-28(37)16-27-32(39-30)43(31-25(19(2)3)14-15-38-29(31)20(4)5)35(45)40-33(27)42-21(6)17-41(18-22(42)7)34(44)23(8)36/h9-16,19-22H,1,8,17-18H2,2-7H3/t21-,22-/m0/s1/i1D2. The van der Waals surface area contributed by atoms with Crippen LogP contribution in [0.2, 0.25) is 0 Å². The Hall–Kier alpha value is -4.73. The molecule has 0 N–H and O–H groups in total. The summed E-state index contributed by atoms with van der Waals surface area (Å²) in [6.07, 6.45) is 3.01. The van der Waals surface area contributed by atoms with Gasteiger partial charge in [0.05, 0.1) is 19.5 Å². The Bertz CT molecular complexity index is 1930. The smallest absolute Gasteiger partial charge is 0.347 e. The van der Waals surface area contributed by atoms with Crippen molar-refractivity contribution in [3.63, 3.8) is 0 Å². The first-order chi connectivity index (χ1) is 22.2. The van der Waals surface area contributed by atoms with Gasteiger partial charge in [-0.25, -0.2) is 23.1 Å². The van der Waals surface area contributed by atoms with E-state index in [1.807, 2.05) is 52.5 Å². The molecular formula is C35H38F2N6O2. The van der Waals surface area contributed by atoms with Gasteiger partial charge in [-0.1, -0.05) is 71.1 Å². The summed E-state index contributed by atoms with van der Waals surface area (Å²) < 4.78 is 46.9. The molecule has 0 aliphatic carbocycles. The number of pyridine rings is 2. The highest BCUT2D eigenvalue weighted by molar-refractivity contribution is 5.93. The summed E-state index contributed by atoms with van der Waals surface area (Å²) in [5.41, 5.74) is 2.24. The summed E-state index contributed by atoms with van der Waals surface area (Å²) in [6, 6.07) is 9.06. The number of carbonyl (C=O) groups is 1. The molecule has 5 rings (SSSR count). The van der Waals surface area contributed by atoms with E-state index in [4.69, 9.17) is 7.73 Å². The zero-order valence-electron chi connectivity index (χ0n) is 28.3. The van der Waals surface area contributed by atoms with Gasteiger partial charge in [0, 0.05) is 36.9 Å². The predicted octanol–water partition coefficient (Wildman–Crippen LogP) is 6.78. The first kappa shape index (κ1) is 29.0. The van der Waals surface area contributed by atoms with Gasteiger partial charge < -0.3 is 9.80 Å². The van der Waals surface area contributed by atoms with E-state index in [1.54, 1.807) is 30.5 Å². The molecule has 1 amide bonds. The number of carbonyl (C=O) groups excluding carboxylic acids is 1. The molecule has 1 aliphatic heterocycles. The highest BCUT2D eigenvalue weighted by atomic mass is 19.1. The van der Waals surface area contributed by atoms with Gasteiger partial charge in [0.1, 0.15) is 17.3 Å². The molecule has 2 atom stereocenters. The number of hydrogen-bond donors (Lipinski definition) is 0. The molecule has 0 saturated carbocycles. The van der Waals surface area contributed by atoms with Gasteiger partial charge in [0.15, 0.2) is 11.5 Å². The SMILES string of the molecule is [2H]C([2H])=Cc1ccccc1-c1nc2c(cc1F)c(N1[C@@H](C)CN(C(=O)C(=C)F)C[C@@H]1C)nc(=O)n2-c1c(C(C)C)ccnc1C(C)C. The number of amides is 1. The fourth-order valence-corrected chi connectivity index (χ4v) is 6.23. The van der Waals surface area contributed by atoms with Gasteiger partial charge in [-0.05, 0) is 48.9 Å². The summed E-state index contributed by atoms with van der Waals surface area (Å²) in [7, 11) is 0. The van der Waals surface area contributed by atoms with E-state index in [0.717, 1.165) is 5.56 Å². The van der Waals surface area contributed by atoms with E-state index in [0.29, 0.717) is 22.5 Å². The minimum Gasteiger partial charge on any atom is -0.347 e. The minimum absolute atomic E-state index is 0.0126. The van der Waals surface area contributed by atoms with Crippen LogP contribution in [-0.2, 0) is 4.79 Å². The van der Waals surface area contributed by atoms with Gasteiger partial charge in [-0.3, -0.25) is 9.78 Å². The molecule has 8 nitrogen and oxygen atoms in total. The lowest BCUT2D eigenvalue weighted by atomic mass is 9.97. The molecule has 10 heteroatoms. The fraction of sp³-hybridized carbons (Fsp3) is 0.343. The van der Waals surface area contributed by atoms with E-state index in [1.165, 1.54) is 21.6 Å². The third-order valence-corrected chi connectivity index (χ3v) is 8.23. The Kier molecular flexibility index (Phi) is 7.95. The number of fused-ring (bicyclic) bond motifs is 1. The van der Waals surface area contributed by atoms with Crippen LogP contribution in [0.3, 0.4) is 0 Å². The minimum atomic E-state index is -1.06. The van der Waals surface area contributed by atoms with Crippen LogP contribution in [0, 0.1) is 5.82 Å². The van der Waals surface area contributed by atoms with Crippen LogP contribution in [0.4, 0.5) is 14.6 Å². The van der Waals surface area contributed by atoms with Crippen LogP contribution in [0.25, 0.3) is 34.1 Å². The van der Waals surface area contributed by atoms with Crippen LogP contribution in [0.15, 0.2) is 66.3 Å². The summed E-state index contributed by atoms with van der Waals surface area (Å²) in [6.45, 7) is 14.6. The Balaban J connectivity index is 1.87. The molecular weight excluding hydrogens is 574 g/mol. The Labute approximate surface area is 264 Å². The molecule has 1 saturated heterocycles. The van der Waals surface area contributed by atoms with Gasteiger partial charge in [-0.15, -0.1) is 0 Å². The van der Waals surface area contributed by atoms with Crippen LogP contribution in [0.5, 0.6) is 0 Å². The number of rotatable bonds is 7. The van der Waals surface area contributed by atoms with Crippen LogP contribution in [0.1, 0.15) is 72.9 Å². The highest BCUT2D eigenvalue weighted by Crippen LogP contribution is 2.36. The quantitative estimate of drug-likeness (QED) is 0.214. The van der Waals surface area contributed by atoms with E-state index >= 15 is 4.39 Å². The first-order valence-electron chi connectivity index (χ1n) is 16.0. The maximum Gasteiger partial charge on any atom is 0.355 e. The molecule has 0 radical (unpaired) electrons. The van der Waals surface area contributed by atoms with Crippen molar-refractivity contribution in [2.75, 3.05) is 18.0 Å². The highest BCUT2D eigenvalue weighted by Gasteiger charge is 2.36. The average Bonchev–Trinajstić information content (AvgIpc) is 3.00. The van der Waals surface area contributed by atoms with Crippen molar-refractivity contribution < 1.29 is 16.3 Å². The molecule has 3 aromatic heterocycles. The summed E-state index contributed by atoms with van der Waals surface area (Å²) in [5, 5.41) is 0.266. The maximum absolute atomic E-state index is 16.3. The van der Waals surface area contributed by atoms with Gasteiger partial charge in [-0.2, -0.15) is 4.98 Å². The Morgan fingerprint density at radius 1 is 1.09 bits per heavy atom. The Morgan fingerprint density at radius 2 is 1.78 bits per heavy atom. The predicted molar refractivity (Wildman–Crippen MR) is 175 cm³/mol. The average molecular weight is 615 g/mol. The molecule has 1 fully saturated rings. The van der Waals surface area contributed by atoms with Crippen molar-refractivity contribution in [3.05, 3.63) is 94.7 Å².